The molecule has 0 spiro atoms. The second kappa shape index (κ2) is 12.0. The van der Waals surface area contributed by atoms with E-state index in [1.165, 1.54) is 0 Å². The molecule has 43 heavy (non-hydrogen) atoms. The average molecular weight is 582 g/mol. The molecule has 2 N–H and O–H groups in total. The second-order valence-electron chi connectivity index (χ2n) is 12.8. The van der Waals surface area contributed by atoms with Gasteiger partial charge in [0.05, 0.1) is 11.6 Å². The van der Waals surface area contributed by atoms with Crippen molar-refractivity contribution in [2.75, 3.05) is 18.0 Å². The zero-order chi connectivity index (χ0) is 30.8. The van der Waals surface area contributed by atoms with Crippen molar-refractivity contribution in [1.82, 2.24) is 0 Å². The van der Waals surface area contributed by atoms with E-state index in [1.807, 2.05) is 78.9 Å². The van der Waals surface area contributed by atoms with Crippen LogP contribution in [0.15, 0.2) is 84.9 Å². The van der Waals surface area contributed by atoms with Crippen LogP contribution in [0.1, 0.15) is 62.6 Å². The summed E-state index contributed by atoms with van der Waals surface area (Å²) < 4.78 is 36.6. The molecule has 1 heterocycles. The van der Waals surface area contributed by atoms with Crippen molar-refractivity contribution >= 4 is 22.6 Å². The van der Waals surface area contributed by atoms with Crippen LogP contribution in [0.3, 0.4) is 0 Å². The van der Waals surface area contributed by atoms with Crippen LogP contribution in [0, 0.1) is 34.3 Å². The number of anilines is 1. The molecule has 4 aromatic carbocycles. The molecule has 0 aromatic heterocycles. The van der Waals surface area contributed by atoms with Gasteiger partial charge in [0.1, 0.15) is 11.3 Å². The summed E-state index contributed by atoms with van der Waals surface area (Å²) in [4.78, 5) is 14.4. The van der Waals surface area contributed by atoms with Gasteiger partial charge in [-0.1, -0.05) is 93.6 Å². The molecule has 1 aliphatic heterocycles. The predicted molar refractivity (Wildman–Crippen MR) is 166 cm³/mol. The van der Waals surface area contributed by atoms with Gasteiger partial charge in [0.15, 0.2) is 11.6 Å². The minimum atomic E-state index is -1.05. The van der Waals surface area contributed by atoms with E-state index >= 15 is 8.78 Å². The van der Waals surface area contributed by atoms with Gasteiger partial charge >= 0.3 is 6.09 Å². The molecule has 0 bridgehead atoms. The van der Waals surface area contributed by atoms with Crippen LogP contribution < -0.4 is 10.6 Å². The number of halogens is 2. The van der Waals surface area contributed by atoms with E-state index in [4.69, 9.17) is 10.5 Å². The lowest BCUT2D eigenvalue weighted by molar-refractivity contribution is -0.0392. The Bertz CT molecular complexity index is 1630. The molecule has 0 radical (unpaired) electrons. The number of carbonyl (C=O) groups is 1. The van der Waals surface area contributed by atoms with E-state index in [-0.39, 0.29) is 28.5 Å². The summed E-state index contributed by atoms with van der Waals surface area (Å²) in [7, 11) is 0. The number of nitrogens with zero attached hydrogens (tertiary/aromatic N) is 2. The summed E-state index contributed by atoms with van der Waals surface area (Å²) in [6, 6.07) is 28.0. The first-order valence-corrected chi connectivity index (χ1v) is 14.7. The summed E-state index contributed by atoms with van der Waals surface area (Å²) in [6.07, 6.45) is 0.759. The van der Waals surface area contributed by atoms with Crippen LogP contribution in [0.25, 0.3) is 10.8 Å². The van der Waals surface area contributed by atoms with Gasteiger partial charge in [-0.25, -0.2) is 13.6 Å². The molecule has 1 fully saturated rings. The monoisotopic (exact) mass is 581 g/mol. The number of hydrogen-bond acceptors (Lipinski definition) is 4. The van der Waals surface area contributed by atoms with Gasteiger partial charge in [-0.3, -0.25) is 0 Å². The molecule has 7 heteroatoms. The Morgan fingerprint density at radius 1 is 1.00 bits per heavy atom. The SMILES string of the molecule is CC(C)(C)C[C@@](CC1CCN(c2c(F)cc(C#N)cc2F)CC1c1ccccc1)(OC(N)=O)c1cccc2ccccc12. The molecular formula is C36H37F2N3O2. The van der Waals surface area contributed by atoms with Gasteiger partial charge in [-0.15, -0.1) is 0 Å². The van der Waals surface area contributed by atoms with E-state index in [0.29, 0.717) is 32.4 Å². The number of nitrogens with two attached hydrogens (primary N) is 1. The third kappa shape index (κ3) is 6.49. The highest BCUT2D eigenvalue weighted by Crippen LogP contribution is 2.49. The predicted octanol–water partition coefficient (Wildman–Crippen LogP) is 8.42. The molecule has 0 aliphatic carbocycles. The van der Waals surface area contributed by atoms with E-state index < -0.39 is 23.3 Å². The summed E-state index contributed by atoms with van der Waals surface area (Å²) >= 11 is 0. The minimum absolute atomic E-state index is 0.0103. The average Bonchev–Trinajstić information content (AvgIpc) is 2.96. The lowest BCUT2D eigenvalue weighted by atomic mass is 9.68. The number of primary amides is 1. The normalized spacial score (nSPS) is 18.6. The lowest BCUT2D eigenvalue weighted by Crippen LogP contribution is -2.45. The first-order chi connectivity index (χ1) is 20.5. The molecule has 1 amide bonds. The molecule has 3 atom stereocenters. The van der Waals surface area contributed by atoms with E-state index in [1.54, 1.807) is 4.90 Å². The number of nitriles is 1. The zero-order valence-electron chi connectivity index (χ0n) is 24.8. The summed E-state index contributed by atoms with van der Waals surface area (Å²) in [5, 5.41) is 11.2. The number of fused-ring (bicyclic) bond motifs is 1. The number of carbonyl (C=O) groups excluding carboxylic acids is 1. The number of rotatable bonds is 7. The Kier molecular flexibility index (Phi) is 8.41. The van der Waals surface area contributed by atoms with Crippen molar-refractivity contribution < 1.29 is 18.3 Å². The van der Waals surface area contributed by atoms with Gasteiger partial charge in [0, 0.05) is 24.6 Å². The first kappa shape index (κ1) is 30.0. The van der Waals surface area contributed by atoms with Gasteiger partial charge in [-0.05, 0) is 59.1 Å². The Hall–Kier alpha value is -4.44. The maximum absolute atomic E-state index is 15.2. The molecule has 222 valence electrons. The van der Waals surface area contributed by atoms with Crippen molar-refractivity contribution in [3.8, 4) is 6.07 Å². The third-order valence-corrected chi connectivity index (χ3v) is 8.43. The topological polar surface area (TPSA) is 79.3 Å². The summed E-state index contributed by atoms with van der Waals surface area (Å²) in [5.41, 5.74) is 6.29. The quantitative estimate of drug-likeness (QED) is 0.238. The van der Waals surface area contributed by atoms with Crippen LogP contribution >= 0.6 is 0 Å². The molecule has 0 saturated carbocycles. The molecule has 5 rings (SSSR count). The van der Waals surface area contributed by atoms with E-state index in [2.05, 4.69) is 20.8 Å². The Morgan fingerprint density at radius 2 is 1.65 bits per heavy atom. The number of hydrogen-bond donors (Lipinski definition) is 1. The Morgan fingerprint density at radius 3 is 2.30 bits per heavy atom. The van der Waals surface area contributed by atoms with Crippen molar-refractivity contribution in [1.29, 1.82) is 5.26 Å². The van der Waals surface area contributed by atoms with Crippen molar-refractivity contribution in [3.05, 3.63) is 113 Å². The van der Waals surface area contributed by atoms with Crippen LogP contribution in [0.2, 0.25) is 0 Å². The highest BCUT2D eigenvalue weighted by atomic mass is 19.1. The largest absolute Gasteiger partial charge is 0.438 e. The van der Waals surface area contributed by atoms with Crippen molar-refractivity contribution in [2.45, 2.75) is 51.6 Å². The fourth-order valence-electron chi connectivity index (χ4n) is 6.96. The molecular weight excluding hydrogens is 544 g/mol. The number of amides is 1. The Balaban J connectivity index is 1.61. The summed E-state index contributed by atoms with van der Waals surface area (Å²) in [5.74, 6) is -1.65. The van der Waals surface area contributed by atoms with Crippen LogP contribution in [-0.2, 0) is 10.3 Å². The smallest absolute Gasteiger partial charge is 0.405 e. The summed E-state index contributed by atoms with van der Waals surface area (Å²) in [6.45, 7) is 7.10. The van der Waals surface area contributed by atoms with E-state index in [9.17, 15) is 10.1 Å². The zero-order valence-corrected chi connectivity index (χ0v) is 24.8. The standard InChI is InChI=1S/C36H37F2N3O2/c1-35(2,3)23-36(43-34(40)42,30-15-9-13-25-12-7-8-14-28(25)30)20-27-16-17-41(22-29(27)26-10-5-4-6-11-26)33-31(37)18-24(21-39)19-32(33)38/h4-15,18-19,27,29H,16-17,20,22-23H2,1-3H3,(H2,40,42)/t27?,29?,36-/m1/s1. The number of benzene rings is 4. The van der Waals surface area contributed by atoms with Gasteiger partial charge in [0.2, 0.25) is 0 Å². The second-order valence-corrected chi connectivity index (χ2v) is 12.8. The van der Waals surface area contributed by atoms with Crippen LogP contribution in [0.5, 0.6) is 0 Å². The fourth-order valence-corrected chi connectivity index (χ4v) is 6.96. The highest BCUT2D eigenvalue weighted by molar-refractivity contribution is 5.86. The van der Waals surface area contributed by atoms with Crippen molar-refractivity contribution in [3.63, 3.8) is 0 Å². The van der Waals surface area contributed by atoms with Crippen molar-refractivity contribution in [2.24, 2.45) is 17.1 Å². The molecule has 2 unspecified atom stereocenters. The maximum Gasteiger partial charge on any atom is 0.405 e. The van der Waals surface area contributed by atoms with Crippen LogP contribution in [0.4, 0.5) is 19.3 Å². The fraction of sp³-hybridized carbons (Fsp3) is 0.333. The molecule has 4 aromatic rings. The molecule has 1 saturated heterocycles. The Labute approximate surface area is 251 Å². The minimum Gasteiger partial charge on any atom is -0.438 e. The van der Waals surface area contributed by atoms with Gasteiger partial charge < -0.3 is 15.4 Å². The number of ether oxygens (including phenoxy) is 1. The number of piperidine rings is 1. The van der Waals surface area contributed by atoms with Crippen LogP contribution in [-0.4, -0.2) is 19.2 Å². The van der Waals surface area contributed by atoms with Gasteiger partial charge in [-0.2, -0.15) is 5.26 Å². The molecule has 5 nitrogen and oxygen atoms in total. The molecule has 1 aliphatic rings. The van der Waals surface area contributed by atoms with Gasteiger partial charge in [0.25, 0.3) is 0 Å². The first-order valence-electron chi connectivity index (χ1n) is 14.7. The third-order valence-electron chi connectivity index (χ3n) is 8.43. The highest BCUT2D eigenvalue weighted by Gasteiger charge is 2.45. The maximum atomic E-state index is 15.2. The lowest BCUT2D eigenvalue weighted by Gasteiger charge is -2.46. The van der Waals surface area contributed by atoms with E-state index in [0.717, 1.165) is 34.0 Å².